The molecule has 3 aromatic heterocycles. The lowest BCUT2D eigenvalue weighted by atomic mass is 9.98. The molecule has 3 aliphatic heterocycles. The van der Waals surface area contributed by atoms with Gasteiger partial charge in [-0.15, -0.1) is 0 Å². The van der Waals surface area contributed by atoms with Crippen molar-refractivity contribution >= 4 is 49.7 Å². The van der Waals surface area contributed by atoms with Gasteiger partial charge in [-0.25, -0.2) is 22.2 Å². The van der Waals surface area contributed by atoms with Crippen LogP contribution >= 0.6 is 0 Å². The van der Waals surface area contributed by atoms with Gasteiger partial charge in [0.1, 0.15) is 16.6 Å². The number of aryl methyl sites for hydroxylation is 1. The first-order chi connectivity index (χ1) is 19.6. The van der Waals surface area contributed by atoms with Gasteiger partial charge in [-0.1, -0.05) is 0 Å². The van der Waals surface area contributed by atoms with Crippen molar-refractivity contribution in [3.63, 3.8) is 0 Å². The Labute approximate surface area is 233 Å². The molecule has 3 aliphatic rings. The van der Waals surface area contributed by atoms with Crippen LogP contribution in [-0.2, 0) is 28.4 Å². The molecule has 0 atom stereocenters. The molecule has 0 radical (unpaired) electrons. The number of aromatic amines is 1. The Kier molecular flexibility index (Phi) is 5.54. The second kappa shape index (κ2) is 8.85. The van der Waals surface area contributed by atoms with Crippen LogP contribution in [0.4, 0.5) is 31.7 Å². The zero-order valence-corrected chi connectivity index (χ0v) is 22.9. The van der Waals surface area contributed by atoms with Crippen LogP contribution in [0.15, 0.2) is 41.6 Å². The zero-order valence-electron chi connectivity index (χ0n) is 22.1. The lowest BCUT2D eigenvalue weighted by Crippen LogP contribution is -2.58. The highest BCUT2D eigenvalue weighted by atomic mass is 32.2. The van der Waals surface area contributed by atoms with E-state index in [0.29, 0.717) is 57.7 Å². The fraction of sp³-hybridized carbons (Fsp3) is 0.296. The topological polar surface area (TPSA) is 124 Å². The smallest absolute Gasteiger partial charge is 0.274 e. The molecule has 1 saturated heterocycles. The standard InChI is InChI=1S/C27H25F2N7O4S/c1-14(37)34-3-4-36(41(39,40)17-10-30-11-17)23-6-18-19-13-33(2)27(38)25-24(19)15(8-31-25)12-35(21(18)7-22(23)34)26-20(29)5-16(28)9-32-26/h5-9,13,17,30-31H,3-4,10-12H2,1-2H3. The molecule has 6 heterocycles. The van der Waals surface area contributed by atoms with Crippen molar-refractivity contribution in [1.82, 2.24) is 19.9 Å². The van der Waals surface area contributed by atoms with Crippen LogP contribution in [0.2, 0.25) is 0 Å². The molecule has 0 spiro atoms. The van der Waals surface area contributed by atoms with E-state index < -0.39 is 26.9 Å². The lowest BCUT2D eigenvalue weighted by molar-refractivity contribution is -0.116. The molecule has 11 nitrogen and oxygen atoms in total. The number of halogens is 2. The number of aromatic nitrogens is 3. The number of amides is 1. The van der Waals surface area contributed by atoms with Gasteiger partial charge in [0.25, 0.3) is 5.56 Å². The molecule has 7 rings (SSSR count). The van der Waals surface area contributed by atoms with Crippen LogP contribution in [-0.4, -0.2) is 60.3 Å². The number of nitrogens with zero attached hydrogens (tertiary/aromatic N) is 5. The van der Waals surface area contributed by atoms with Crippen molar-refractivity contribution in [2.45, 2.75) is 18.7 Å². The third-order valence-electron chi connectivity index (χ3n) is 8.07. The highest BCUT2D eigenvalue weighted by Gasteiger charge is 2.41. The minimum atomic E-state index is -3.77. The highest BCUT2D eigenvalue weighted by Crippen LogP contribution is 2.49. The summed E-state index contributed by atoms with van der Waals surface area (Å²) < 4.78 is 59.3. The Hall–Kier alpha value is -4.30. The van der Waals surface area contributed by atoms with Crippen molar-refractivity contribution in [3.8, 4) is 11.1 Å². The fourth-order valence-corrected chi connectivity index (χ4v) is 7.68. The molecule has 1 aromatic carbocycles. The van der Waals surface area contributed by atoms with Crippen LogP contribution in [0.1, 0.15) is 12.5 Å². The summed E-state index contributed by atoms with van der Waals surface area (Å²) in [5, 5.41) is 3.00. The number of carbonyl (C=O) groups excluding carboxylic acids is 1. The number of nitrogens with one attached hydrogen (secondary N) is 2. The first-order valence-corrected chi connectivity index (χ1v) is 14.5. The second-order valence-electron chi connectivity index (χ2n) is 10.5. The van der Waals surface area contributed by atoms with E-state index in [9.17, 15) is 22.4 Å². The van der Waals surface area contributed by atoms with Crippen LogP contribution in [0.5, 0.6) is 0 Å². The summed E-state index contributed by atoms with van der Waals surface area (Å²) >= 11 is 0. The first kappa shape index (κ1) is 25.7. The summed E-state index contributed by atoms with van der Waals surface area (Å²) in [6.45, 7) is 2.32. The maximum absolute atomic E-state index is 15.3. The van der Waals surface area contributed by atoms with Gasteiger partial charge in [0.2, 0.25) is 15.9 Å². The largest absolute Gasteiger partial charge is 0.356 e. The molecule has 0 unspecified atom stereocenters. The van der Waals surface area contributed by atoms with Gasteiger partial charge in [-0.3, -0.25) is 13.9 Å². The SMILES string of the molecule is CC(=O)N1CCN(S(=O)(=O)C2CNC2)c2cc3c(cc21)N(c1ncc(F)cc1F)Cc1c[nH]c2c(=O)n(C)cc-3c12. The van der Waals surface area contributed by atoms with E-state index in [1.165, 1.54) is 20.7 Å². The molecular formula is C27H25F2N7O4S. The van der Waals surface area contributed by atoms with E-state index in [1.54, 1.807) is 36.5 Å². The molecular weight excluding hydrogens is 556 g/mol. The highest BCUT2D eigenvalue weighted by molar-refractivity contribution is 7.93. The van der Waals surface area contributed by atoms with Gasteiger partial charge in [0.05, 0.1) is 36.3 Å². The molecule has 2 N–H and O–H groups in total. The Morgan fingerprint density at radius 2 is 1.85 bits per heavy atom. The Balaban J connectivity index is 1.56. The summed E-state index contributed by atoms with van der Waals surface area (Å²) in [6, 6.07) is 4.08. The van der Waals surface area contributed by atoms with Gasteiger partial charge in [0, 0.05) is 68.6 Å². The minimum absolute atomic E-state index is 0.0668. The van der Waals surface area contributed by atoms with Crippen molar-refractivity contribution < 1.29 is 22.0 Å². The van der Waals surface area contributed by atoms with E-state index in [4.69, 9.17) is 0 Å². The average Bonchev–Trinajstić information content (AvgIpc) is 3.25. The van der Waals surface area contributed by atoms with E-state index >= 15 is 4.39 Å². The summed E-state index contributed by atoms with van der Waals surface area (Å²) in [4.78, 5) is 35.9. The summed E-state index contributed by atoms with van der Waals surface area (Å²) in [5.74, 6) is -2.17. The number of sulfonamides is 1. The molecule has 41 heavy (non-hydrogen) atoms. The molecule has 1 amide bonds. The third-order valence-corrected chi connectivity index (χ3v) is 10.2. The molecule has 0 saturated carbocycles. The van der Waals surface area contributed by atoms with Crippen LogP contribution in [0, 0.1) is 11.6 Å². The van der Waals surface area contributed by atoms with E-state index in [0.717, 1.165) is 12.3 Å². The molecule has 1 fully saturated rings. The third kappa shape index (κ3) is 3.70. The number of carbonyl (C=O) groups is 1. The van der Waals surface area contributed by atoms with E-state index in [1.807, 2.05) is 0 Å². The lowest BCUT2D eigenvalue weighted by Gasteiger charge is -2.41. The van der Waals surface area contributed by atoms with Crippen molar-refractivity contribution in [3.05, 3.63) is 64.3 Å². The van der Waals surface area contributed by atoms with Gasteiger partial charge in [-0.05, 0) is 17.7 Å². The predicted molar refractivity (Wildman–Crippen MR) is 150 cm³/mol. The monoisotopic (exact) mass is 581 g/mol. The molecule has 14 heteroatoms. The number of anilines is 4. The van der Waals surface area contributed by atoms with Gasteiger partial charge < -0.3 is 24.7 Å². The van der Waals surface area contributed by atoms with Crippen LogP contribution in [0.25, 0.3) is 22.0 Å². The average molecular weight is 582 g/mol. The molecule has 0 bridgehead atoms. The predicted octanol–water partition coefficient (Wildman–Crippen LogP) is 2.33. The number of hydrogen-bond donors (Lipinski definition) is 2. The molecule has 4 aromatic rings. The van der Waals surface area contributed by atoms with E-state index in [2.05, 4.69) is 15.3 Å². The van der Waals surface area contributed by atoms with Crippen molar-refractivity contribution in [1.29, 1.82) is 0 Å². The number of rotatable bonds is 3. The summed E-state index contributed by atoms with van der Waals surface area (Å²) in [6.07, 6.45) is 4.24. The Bertz CT molecular complexity index is 1950. The first-order valence-electron chi connectivity index (χ1n) is 13.0. The van der Waals surface area contributed by atoms with Gasteiger partial charge in [0.15, 0.2) is 11.6 Å². The van der Waals surface area contributed by atoms with Gasteiger partial charge in [-0.2, -0.15) is 0 Å². The summed E-state index contributed by atoms with van der Waals surface area (Å²) in [5.41, 5.74) is 2.95. The fourth-order valence-electron chi connectivity index (χ4n) is 5.91. The Morgan fingerprint density at radius 1 is 1.07 bits per heavy atom. The molecule has 212 valence electrons. The summed E-state index contributed by atoms with van der Waals surface area (Å²) in [7, 11) is -2.16. The number of fused-ring (bicyclic) bond motifs is 3. The quantitative estimate of drug-likeness (QED) is 0.381. The van der Waals surface area contributed by atoms with Crippen molar-refractivity contribution in [2.75, 3.05) is 40.3 Å². The minimum Gasteiger partial charge on any atom is -0.356 e. The number of H-pyrrole nitrogens is 1. The maximum atomic E-state index is 15.3. The van der Waals surface area contributed by atoms with Crippen molar-refractivity contribution in [2.24, 2.45) is 7.05 Å². The Morgan fingerprint density at radius 3 is 2.54 bits per heavy atom. The zero-order chi connectivity index (χ0) is 28.8. The van der Waals surface area contributed by atoms with Crippen LogP contribution < -0.4 is 25.0 Å². The second-order valence-corrected chi connectivity index (χ2v) is 12.6. The maximum Gasteiger partial charge on any atom is 0.274 e. The van der Waals surface area contributed by atoms with E-state index in [-0.39, 0.29) is 36.9 Å². The normalized spacial score (nSPS) is 16.8. The van der Waals surface area contributed by atoms with Gasteiger partial charge >= 0.3 is 0 Å². The number of pyridine rings is 2. The number of hydrogen-bond acceptors (Lipinski definition) is 7. The molecule has 0 aliphatic carbocycles. The van der Waals surface area contributed by atoms with Crippen LogP contribution in [0.3, 0.4) is 0 Å². The number of benzene rings is 1.